The topological polar surface area (TPSA) is 22.0 Å². The van der Waals surface area contributed by atoms with Crippen LogP contribution in [0.25, 0.3) is 6.08 Å². The highest BCUT2D eigenvalue weighted by Gasteiger charge is 2.26. The molecule has 0 bridgehead atoms. The Bertz CT molecular complexity index is 791. The lowest BCUT2D eigenvalue weighted by Gasteiger charge is -2.16. The molecule has 0 atom stereocenters. The van der Waals surface area contributed by atoms with Gasteiger partial charge in [0.2, 0.25) is 0 Å². The highest BCUT2D eigenvalue weighted by molar-refractivity contribution is 7.10. The largest absolute Gasteiger partial charge is 0.348 e. The zero-order chi connectivity index (χ0) is 17.3. The molecule has 0 N–H and O–H groups in total. The van der Waals surface area contributed by atoms with Gasteiger partial charge in [0, 0.05) is 28.4 Å². The second-order valence-corrected chi connectivity index (χ2v) is 7.95. The Morgan fingerprint density at radius 2 is 2.04 bits per heavy atom. The summed E-state index contributed by atoms with van der Waals surface area (Å²) in [5, 5.41) is 2.09. The van der Waals surface area contributed by atoms with Crippen LogP contribution in [-0.4, -0.2) is 10.4 Å². The van der Waals surface area contributed by atoms with Crippen molar-refractivity contribution < 1.29 is 4.79 Å². The van der Waals surface area contributed by atoms with Gasteiger partial charge < -0.3 is 4.57 Å². The van der Waals surface area contributed by atoms with Crippen molar-refractivity contribution in [3.63, 3.8) is 0 Å². The zero-order valence-electron chi connectivity index (χ0n) is 15.2. The molecular formula is C21H27NOS. The van der Waals surface area contributed by atoms with Crippen LogP contribution in [-0.2, 0) is 19.4 Å². The number of nitrogens with zero attached hydrogens (tertiary/aromatic N) is 1. The fourth-order valence-corrected chi connectivity index (χ4v) is 4.56. The third-order valence-electron chi connectivity index (χ3n) is 5.14. The van der Waals surface area contributed by atoms with Crippen molar-refractivity contribution in [1.29, 1.82) is 0 Å². The minimum Gasteiger partial charge on any atom is -0.348 e. The number of ketones is 1. The first kappa shape index (κ1) is 17.2. The average molecular weight is 342 g/mol. The number of hydrogen-bond acceptors (Lipinski definition) is 2. The molecule has 2 aromatic heterocycles. The fraction of sp³-hybridized carbons (Fsp3) is 0.476. The normalized spacial score (nSPS) is 14.8. The quantitative estimate of drug-likeness (QED) is 0.502. The number of hydrogen-bond donors (Lipinski definition) is 0. The molecule has 1 aliphatic carbocycles. The maximum atomic E-state index is 13.2. The summed E-state index contributed by atoms with van der Waals surface area (Å²) in [5.41, 5.74) is 6.92. The lowest BCUT2D eigenvalue weighted by atomic mass is 9.91. The summed E-state index contributed by atoms with van der Waals surface area (Å²) >= 11 is 1.73. The summed E-state index contributed by atoms with van der Waals surface area (Å²) < 4.78 is 2.41. The van der Waals surface area contributed by atoms with Crippen LogP contribution in [0.4, 0.5) is 0 Å². The molecule has 0 aliphatic heterocycles. The van der Waals surface area contributed by atoms with Crippen LogP contribution in [0.15, 0.2) is 17.0 Å². The maximum Gasteiger partial charge on any atom is 0.190 e. The molecule has 128 valence electrons. The Morgan fingerprint density at radius 1 is 1.29 bits per heavy atom. The van der Waals surface area contributed by atoms with Crippen LogP contribution in [0.2, 0.25) is 0 Å². The van der Waals surface area contributed by atoms with Gasteiger partial charge in [-0.15, -0.1) is 11.3 Å². The number of allylic oxidation sites excluding steroid dienone is 1. The van der Waals surface area contributed by atoms with Gasteiger partial charge in [0.25, 0.3) is 0 Å². The van der Waals surface area contributed by atoms with Crippen LogP contribution < -0.4 is 0 Å². The number of fused-ring (bicyclic) bond motifs is 1. The summed E-state index contributed by atoms with van der Waals surface area (Å²) in [6.45, 7) is 9.43. The van der Waals surface area contributed by atoms with Gasteiger partial charge in [-0.2, -0.15) is 0 Å². The van der Waals surface area contributed by atoms with E-state index in [1.807, 2.05) is 6.92 Å². The molecule has 0 saturated carbocycles. The standard InChI is InChI=1S/C21H27NOS/c1-5-11-22-15(3)20(18-8-6-7-9-19(18)22)21(23)14(2)13-17-10-12-24-16(17)4/h10,12-13H,5-9,11H2,1-4H3/b14-13+. The number of thiophene rings is 1. The van der Waals surface area contributed by atoms with Crippen LogP contribution >= 0.6 is 11.3 Å². The van der Waals surface area contributed by atoms with Gasteiger partial charge in [0.1, 0.15) is 0 Å². The van der Waals surface area contributed by atoms with E-state index in [-0.39, 0.29) is 5.78 Å². The molecule has 3 heteroatoms. The highest BCUT2D eigenvalue weighted by atomic mass is 32.1. The molecule has 0 saturated heterocycles. The van der Waals surface area contributed by atoms with E-state index in [9.17, 15) is 4.79 Å². The monoisotopic (exact) mass is 341 g/mol. The maximum absolute atomic E-state index is 13.2. The number of aromatic nitrogens is 1. The van der Waals surface area contributed by atoms with E-state index in [1.54, 1.807) is 11.3 Å². The minimum absolute atomic E-state index is 0.214. The Balaban J connectivity index is 2.04. The Labute approximate surface area is 149 Å². The molecule has 2 heterocycles. The number of aryl methyl sites for hydroxylation is 1. The molecule has 24 heavy (non-hydrogen) atoms. The van der Waals surface area contributed by atoms with Crippen molar-refractivity contribution in [3.05, 3.63) is 50.0 Å². The van der Waals surface area contributed by atoms with Crippen LogP contribution in [0, 0.1) is 13.8 Å². The first-order chi connectivity index (χ1) is 11.5. The summed E-state index contributed by atoms with van der Waals surface area (Å²) in [7, 11) is 0. The molecule has 1 aliphatic rings. The Kier molecular flexibility index (Phi) is 5.09. The molecule has 0 radical (unpaired) electrons. The van der Waals surface area contributed by atoms with Gasteiger partial charge >= 0.3 is 0 Å². The fourth-order valence-electron chi connectivity index (χ4n) is 3.88. The lowest BCUT2D eigenvalue weighted by Crippen LogP contribution is -2.09. The van der Waals surface area contributed by atoms with Crippen molar-refractivity contribution in [2.24, 2.45) is 0 Å². The van der Waals surface area contributed by atoms with Crippen LogP contribution in [0.1, 0.15) is 70.9 Å². The third kappa shape index (κ3) is 3.02. The van der Waals surface area contributed by atoms with Gasteiger partial charge in [-0.3, -0.25) is 4.79 Å². The van der Waals surface area contributed by atoms with Gasteiger partial charge in [0.05, 0.1) is 0 Å². The van der Waals surface area contributed by atoms with Gasteiger partial charge in [-0.05, 0) is 87.1 Å². The highest BCUT2D eigenvalue weighted by Crippen LogP contribution is 2.32. The summed E-state index contributed by atoms with van der Waals surface area (Å²) in [4.78, 5) is 14.5. The number of carbonyl (C=O) groups excluding carboxylic acids is 1. The van der Waals surface area contributed by atoms with E-state index in [4.69, 9.17) is 0 Å². The molecule has 2 aromatic rings. The zero-order valence-corrected chi connectivity index (χ0v) is 16.1. The van der Waals surface area contributed by atoms with E-state index in [1.165, 1.54) is 40.2 Å². The molecule has 0 fully saturated rings. The smallest absolute Gasteiger partial charge is 0.190 e. The number of Topliss-reactive ketones (excluding diaryl/α,β-unsaturated/α-hetero) is 1. The van der Waals surface area contributed by atoms with Crippen molar-refractivity contribution in [1.82, 2.24) is 4.57 Å². The van der Waals surface area contributed by atoms with E-state index < -0.39 is 0 Å². The Morgan fingerprint density at radius 3 is 2.71 bits per heavy atom. The summed E-state index contributed by atoms with van der Waals surface area (Å²) in [6, 6.07) is 2.10. The first-order valence-corrected chi connectivity index (χ1v) is 9.90. The number of rotatable bonds is 5. The average Bonchev–Trinajstić information content (AvgIpc) is 3.09. The van der Waals surface area contributed by atoms with Gasteiger partial charge in [-0.1, -0.05) is 6.92 Å². The second-order valence-electron chi connectivity index (χ2n) is 6.83. The predicted molar refractivity (Wildman–Crippen MR) is 103 cm³/mol. The van der Waals surface area contributed by atoms with Gasteiger partial charge in [0.15, 0.2) is 5.78 Å². The van der Waals surface area contributed by atoms with E-state index in [0.717, 1.165) is 36.9 Å². The number of carbonyl (C=O) groups is 1. The molecule has 2 nitrogen and oxygen atoms in total. The summed E-state index contributed by atoms with van der Waals surface area (Å²) in [6.07, 6.45) is 7.79. The van der Waals surface area contributed by atoms with Crippen molar-refractivity contribution in [2.75, 3.05) is 0 Å². The van der Waals surface area contributed by atoms with Crippen molar-refractivity contribution in [2.45, 2.75) is 66.3 Å². The van der Waals surface area contributed by atoms with E-state index in [0.29, 0.717) is 0 Å². The first-order valence-electron chi connectivity index (χ1n) is 9.02. The molecular weight excluding hydrogens is 314 g/mol. The van der Waals surface area contributed by atoms with E-state index in [2.05, 4.69) is 42.9 Å². The van der Waals surface area contributed by atoms with Crippen molar-refractivity contribution in [3.8, 4) is 0 Å². The molecule has 3 rings (SSSR count). The predicted octanol–water partition coefficient (Wildman–Crippen LogP) is 5.74. The minimum atomic E-state index is 0.214. The molecule has 0 unspecified atom stereocenters. The van der Waals surface area contributed by atoms with Gasteiger partial charge in [-0.25, -0.2) is 0 Å². The third-order valence-corrected chi connectivity index (χ3v) is 6.00. The van der Waals surface area contributed by atoms with E-state index >= 15 is 0 Å². The Hall–Kier alpha value is -1.61. The molecule has 0 aromatic carbocycles. The lowest BCUT2D eigenvalue weighted by molar-refractivity contribution is 0.103. The summed E-state index contributed by atoms with van der Waals surface area (Å²) in [5.74, 6) is 0.214. The molecule has 0 spiro atoms. The molecule has 0 amide bonds. The SMILES string of the molecule is CCCn1c(C)c(C(=O)/C(C)=C/c2ccsc2C)c2c1CCCC2. The second kappa shape index (κ2) is 7.10. The van der Waals surface area contributed by atoms with Crippen molar-refractivity contribution >= 4 is 23.2 Å². The van der Waals surface area contributed by atoms with Crippen LogP contribution in [0.3, 0.4) is 0 Å². The van der Waals surface area contributed by atoms with Crippen LogP contribution in [0.5, 0.6) is 0 Å².